The Labute approximate surface area is 128 Å². The van der Waals surface area contributed by atoms with E-state index in [1.807, 2.05) is 0 Å². The second-order valence-corrected chi connectivity index (χ2v) is 6.20. The first-order valence-electron chi connectivity index (χ1n) is 8.11. The van der Waals surface area contributed by atoms with Crippen molar-refractivity contribution in [3.63, 3.8) is 0 Å². The summed E-state index contributed by atoms with van der Waals surface area (Å²) in [5.41, 5.74) is 5.68. The number of rotatable bonds is 4. The molecule has 2 aromatic rings. The van der Waals surface area contributed by atoms with Crippen LogP contribution in [0.1, 0.15) is 37.8 Å². The minimum absolute atomic E-state index is 0.788. The van der Waals surface area contributed by atoms with Crippen LogP contribution in [0.2, 0.25) is 0 Å². The molecule has 0 fully saturated rings. The quantitative estimate of drug-likeness (QED) is 0.741. The Balaban J connectivity index is 1.80. The molecule has 0 amide bonds. The van der Waals surface area contributed by atoms with Gasteiger partial charge in [-0.05, 0) is 66.0 Å². The van der Waals surface area contributed by atoms with Gasteiger partial charge in [-0.3, -0.25) is 0 Å². The molecule has 1 nitrogen and oxygen atoms in total. The van der Waals surface area contributed by atoms with Crippen LogP contribution in [0.25, 0.3) is 11.1 Å². The Bertz CT molecular complexity index is 598. The molecule has 1 aliphatic rings. The van der Waals surface area contributed by atoms with E-state index in [9.17, 15) is 0 Å². The standard InChI is InChI=1S/C20H24O/c1-3-12-21-20-10-8-16(9-11-20)18-7-6-17-13-15(2)4-5-19(17)14-18/h6-11,14-15H,3-5,12-13H2,1-2H3. The largest absolute Gasteiger partial charge is 0.494 e. The number of fused-ring (bicyclic) bond motifs is 1. The monoisotopic (exact) mass is 280 g/mol. The van der Waals surface area contributed by atoms with E-state index in [0.717, 1.165) is 24.7 Å². The molecule has 1 heteroatoms. The summed E-state index contributed by atoms with van der Waals surface area (Å²) in [6.45, 7) is 5.27. The molecule has 0 bridgehead atoms. The number of benzene rings is 2. The summed E-state index contributed by atoms with van der Waals surface area (Å²) in [6, 6.07) is 15.4. The Morgan fingerprint density at radius 1 is 1.00 bits per heavy atom. The average molecular weight is 280 g/mol. The Kier molecular flexibility index (Phi) is 4.28. The molecular weight excluding hydrogens is 256 g/mol. The lowest BCUT2D eigenvalue weighted by Crippen LogP contribution is -2.11. The fraction of sp³-hybridized carbons (Fsp3) is 0.400. The maximum Gasteiger partial charge on any atom is 0.119 e. The first-order chi connectivity index (χ1) is 10.3. The number of aryl methyl sites for hydroxylation is 1. The Hall–Kier alpha value is -1.76. The van der Waals surface area contributed by atoms with E-state index in [0.29, 0.717) is 0 Å². The van der Waals surface area contributed by atoms with Gasteiger partial charge in [-0.25, -0.2) is 0 Å². The molecule has 21 heavy (non-hydrogen) atoms. The smallest absolute Gasteiger partial charge is 0.119 e. The third-order valence-electron chi connectivity index (χ3n) is 4.34. The van der Waals surface area contributed by atoms with E-state index in [-0.39, 0.29) is 0 Å². The van der Waals surface area contributed by atoms with Gasteiger partial charge in [0.15, 0.2) is 0 Å². The maximum absolute atomic E-state index is 5.65. The maximum atomic E-state index is 5.65. The lowest BCUT2D eigenvalue weighted by molar-refractivity contribution is 0.317. The highest BCUT2D eigenvalue weighted by Crippen LogP contribution is 2.30. The number of hydrogen-bond acceptors (Lipinski definition) is 1. The molecule has 0 saturated carbocycles. The van der Waals surface area contributed by atoms with Crippen molar-refractivity contribution in [3.05, 3.63) is 53.6 Å². The second kappa shape index (κ2) is 6.34. The normalized spacial score (nSPS) is 17.3. The fourth-order valence-corrected chi connectivity index (χ4v) is 3.08. The Morgan fingerprint density at radius 2 is 1.76 bits per heavy atom. The molecule has 2 aromatic carbocycles. The van der Waals surface area contributed by atoms with Crippen LogP contribution in [0.4, 0.5) is 0 Å². The third kappa shape index (κ3) is 3.29. The van der Waals surface area contributed by atoms with Crippen molar-refractivity contribution in [3.8, 4) is 16.9 Å². The van der Waals surface area contributed by atoms with Crippen molar-refractivity contribution in [2.24, 2.45) is 5.92 Å². The molecule has 0 N–H and O–H groups in total. The van der Waals surface area contributed by atoms with E-state index in [4.69, 9.17) is 4.74 Å². The first-order valence-corrected chi connectivity index (χ1v) is 8.11. The molecule has 1 atom stereocenters. The zero-order chi connectivity index (χ0) is 14.7. The van der Waals surface area contributed by atoms with Crippen LogP contribution in [0.3, 0.4) is 0 Å². The molecule has 0 saturated heterocycles. The van der Waals surface area contributed by atoms with Crippen molar-refractivity contribution in [1.82, 2.24) is 0 Å². The zero-order valence-electron chi connectivity index (χ0n) is 13.1. The van der Waals surface area contributed by atoms with E-state index in [1.54, 1.807) is 5.56 Å². The topological polar surface area (TPSA) is 9.23 Å². The minimum atomic E-state index is 0.788. The van der Waals surface area contributed by atoms with Crippen LogP contribution in [-0.2, 0) is 12.8 Å². The van der Waals surface area contributed by atoms with Gasteiger partial charge in [0, 0.05) is 0 Å². The van der Waals surface area contributed by atoms with Crippen molar-refractivity contribution < 1.29 is 4.74 Å². The summed E-state index contributed by atoms with van der Waals surface area (Å²) >= 11 is 0. The van der Waals surface area contributed by atoms with Gasteiger partial charge in [-0.15, -0.1) is 0 Å². The van der Waals surface area contributed by atoms with Crippen molar-refractivity contribution >= 4 is 0 Å². The van der Waals surface area contributed by atoms with Gasteiger partial charge >= 0.3 is 0 Å². The molecule has 1 aliphatic carbocycles. The molecule has 0 aliphatic heterocycles. The summed E-state index contributed by atoms with van der Waals surface area (Å²) in [5.74, 6) is 1.80. The lowest BCUT2D eigenvalue weighted by atomic mass is 9.83. The van der Waals surface area contributed by atoms with Crippen molar-refractivity contribution in [1.29, 1.82) is 0 Å². The first kappa shape index (κ1) is 14.2. The molecule has 3 rings (SSSR count). The summed E-state index contributed by atoms with van der Waals surface area (Å²) in [6.07, 6.45) is 4.83. The van der Waals surface area contributed by atoms with Crippen molar-refractivity contribution in [2.45, 2.75) is 39.5 Å². The van der Waals surface area contributed by atoms with Crippen LogP contribution < -0.4 is 4.74 Å². The van der Waals surface area contributed by atoms with E-state index >= 15 is 0 Å². The van der Waals surface area contributed by atoms with Crippen LogP contribution in [-0.4, -0.2) is 6.61 Å². The van der Waals surface area contributed by atoms with Crippen LogP contribution >= 0.6 is 0 Å². The average Bonchev–Trinajstić information content (AvgIpc) is 2.53. The van der Waals surface area contributed by atoms with Crippen molar-refractivity contribution in [2.75, 3.05) is 6.61 Å². The SMILES string of the molecule is CCCOc1ccc(-c2ccc3c(c2)CCC(C)C3)cc1. The van der Waals surface area contributed by atoms with Gasteiger partial charge in [-0.2, -0.15) is 0 Å². The summed E-state index contributed by atoms with van der Waals surface area (Å²) in [4.78, 5) is 0. The molecular formula is C20H24O. The molecule has 1 unspecified atom stereocenters. The third-order valence-corrected chi connectivity index (χ3v) is 4.34. The van der Waals surface area contributed by atoms with Gasteiger partial charge in [-0.1, -0.05) is 44.2 Å². The highest BCUT2D eigenvalue weighted by atomic mass is 16.5. The number of ether oxygens (including phenoxy) is 1. The van der Waals surface area contributed by atoms with Gasteiger partial charge in [0.05, 0.1) is 6.61 Å². The lowest BCUT2D eigenvalue weighted by Gasteiger charge is -2.22. The van der Waals surface area contributed by atoms with E-state index < -0.39 is 0 Å². The summed E-state index contributed by atoms with van der Waals surface area (Å²) < 4.78 is 5.65. The minimum Gasteiger partial charge on any atom is -0.494 e. The van der Waals surface area contributed by atoms with Gasteiger partial charge in [0.1, 0.15) is 5.75 Å². The zero-order valence-corrected chi connectivity index (χ0v) is 13.1. The summed E-state index contributed by atoms with van der Waals surface area (Å²) in [7, 11) is 0. The molecule has 0 heterocycles. The predicted molar refractivity (Wildman–Crippen MR) is 88.9 cm³/mol. The van der Waals surface area contributed by atoms with Gasteiger partial charge < -0.3 is 4.74 Å². The predicted octanol–water partition coefficient (Wildman–Crippen LogP) is 5.27. The molecule has 0 aromatic heterocycles. The van der Waals surface area contributed by atoms with Crippen LogP contribution in [0, 0.1) is 5.92 Å². The Morgan fingerprint density at radius 3 is 2.52 bits per heavy atom. The van der Waals surface area contributed by atoms with Gasteiger partial charge in [0.25, 0.3) is 0 Å². The number of hydrogen-bond donors (Lipinski definition) is 0. The molecule has 0 radical (unpaired) electrons. The van der Waals surface area contributed by atoms with Crippen LogP contribution in [0.15, 0.2) is 42.5 Å². The molecule has 110 valence electrons. The highest BCUT2D eigenvalue weighted by molar-refractivity contribution is 5.65. The summed E-state index contributed by atoms with van der Waals surface area (Å²) in [5, 5.41) is 0. The second-order valence-electron chi connectivity index (χ2n) is 6.20. The van der Waals surface area contributed by atoms with E-state index in [1.165, 1.54) is 36.0 Å². The highest BCUT2D eigenvalue weighted by Gasteiger charge is 2.15. The van der Waals surface area contributed by atoms with Crippen LogP contribution in [0.5, 0.6) is 5.75 Å². The fourth-order valence-electron chi connectivity index (χ4n) is 3.08. The van der Waals surface area contributed by atoms with Gasteiger partial charge in [0.2, 0.25) is 0 Å². The van der Waals surface area contributed by atoms with E-state index in [2.05, 4.69) is 56.3 Å². The molecule has 0 spiro atoms.